The van der Waals surface area contributed by atoms with Gasteiger partial charge < -0.3 is 5.73 Å². The van der Waals surface area contributed by atoms with Crippen LogP contribution in [-0.4, -0.2) is 0 Å². The molecule has 0 saturated carbocycles. The maximum absolute atomic E-state index is 14.5. The largest absolute Gasteiger partial charge is 0.394 e. The number of nitrogens with two attached hydrogens (primary N) is 1. The molecule has 0 fully saturated rings. The highest BCUT2D eigenvalue weighted by Gasteiger charge is 2.11. The normalized spacial score (nSPS) is 11.5. The molecule has 0 amide bonds. The lowest BCUT2D eigenvalue weighted by molar-refractivity contribution is 0.591. The van der Waals surface area contributed by atoms with E-state index >= 15 is 0 Å². The maximum Gasteiger partial charge on any atom is 0.166 e. The van der Waals surface area contributed by atoms with Crippen LogP contribution in [0.3, 0.4) is 0 Å². The molecule has 0 unspecified atom stereocenters. The first kappa shape index (κ1) is 21.2. The molecule has 0 spiro atoms. The van der Waals surface area contributed by atoms with Gasteiger partial charge in [-0.15, -0.1) is 0 Å². The van der Waals surface area contributed by atoms with Crippen LogP contribution in [0, 0.1) is 23.5 Å². The molecule has 152 valence electrons. The summed E-state index contributed by atoms with van der Waals surface area (Å²) in [5.41, 5.74) is 6.57. The van der Waals surface area contributed by atoms with Crippen molar-refractivity contribution >= 4 is 17.3 Å². The van der Waals surface area contributed by atoms with Gasteiger partial charge in [0, 0.05) is 22.3 Å². The third-order valence-corrected chi connectivity index (χ3v) is 4.51. The molecule has 0 heterocycles. The lowest BCUT2D eigenvalue weighted by atomic mass is 10.0. The second kappa shape index (κ2) is 9.32. The first-order chi connectivity index (χ1) is 14.4. The molecule has 3 aromatic rings. The quantitative estimate of drug-likeness (QED) is 0.222. The minimum absolute atomic E-state index is 0.0697. The topological polar surface area (TPSA) is 26.0 Å². The first-order valence-electron chi connectivity index (χ1n) is 9.40. The molecule has 5 heteroatoms. The molecule has 0 atom stereocenters. The predicted molar refractivity (Wildman–Crippen MR) is 113 cm³/mol. The van der Waals surface area contributed by atoms with E-state index < -0.39 is 29.0 Å². The van der Waals surface area contributed by atoms with Crippen molar-refractivity contribution in [3.8, 4) is 11.8 Å². The van der Waals surface area contributed by atoms with Crippen LogP contribution >= 0.6 is 0 Å². The van der Waals surface area contributed by atoms with Gasteiger partial charge in [0.25, 0.3) is 0 Å². The smallest absolute Gasteiger partial charge is 0.166 e. The lowest BCUT2D eigenvalue weighted by Crippen LogP contribution is -1.96. The Labute approximate surface area is 172 Å². The van der Waals surface area contributed by atoms with Gasteiger partial charge in [-0.3, -0.25) is 0 Å². The molecule has 0 aliphatic heterocycles. The van der Waals surface area contributed by atoms with Gasteiger partial charge in [-0.25, -0.2) is 17.6 Å². The van der Waals surface area contributed by atoms with Crippen LogP contribution < -0.4 is 5.73 Å². The van der Waals surface area contributed by atoms with Gasteiger partial charge in [-0.05, 0) is 36.2 Å². The molecule has 0 bridgehead atoms. The Morgan fingerprint density at radius 3 is 1.73 bits per heavy atom. The van der Waals surface area contributed by atoms with E-state index in [2.05, 4.69) is 18.8 Å². The zero-order chi connectivity index (χ0) is 21.7. The average Bonchev–Trinajstić information content (AvgIpc) is 2.76. The SMILES string of the molecule is CCCc1ccc(C(F)=C(F)c2ccc(C#Cc3cc(F)c(N)c(F)c3)cc2)cc1. The van der Waals surface area contributed by atoms with E-state index in [1.165, 1.54) is 24.3 Å². The van der Waals surface area contributed by atoms with Crippen LogP contribution in [0.25, 0.3) is 11.7 Å². The number of aryl methyl sites for hydroxylation is 1. The number of hydrogen-bond donors (Lipinski definition) is 1. The molecular weight excluding hydrogens is 390 g/mol. The summed E-state index contributed by atoms with van der Waals surface area (Å²) >= 11 is 0. The van der Waals surface area contributed by atoms with E-state index in [9.17, 15) is 17.6 Å². The van der Waals surface area contributed by atoms with Crippen LogP contribution in [0.2, 0.25) is 0 Å². The van der Waals surface area contributed by atoms with Gasteiger partial charge in [0.2, 0.25) is 0 Å². The van der Waals surface area contributed by atoms with E-state index in [4.69, 9.17) is 5.73 Å². The monoisotopic (exact) mass is 409 g/mol. The van der Waals surface area contributed by atoms with Gasteiger partial charge in [-0.1, -0.05) is 61.6 Å². The van der Waals surface area contributed by atoms with Crippen molar-refractivity contribution < 1.29 is 17.6 Å². The molecule has 2 N–H and O–H groups in total. The van der Waals surface area contributed by atoms with E-state index in [0.29, 0.717) is 5.56 Å². The zero-order valence-electron chi connectivity index (χ0n) is 16.3. The van der Waals surface area contributed by atoms with Crippen LogP contribution in [0.4, 0.5) is 23.2 Å². The molecule has 3 aromatic carbocycles. The number of anilines is 1. The highest BCUT2D eigenvalue weighted by molar-refractivity contribution is 5.83. The number of rotatable bonds is 4. The van der Waals surface area contributed by atoms with Crippen LogP contribution in [0.5, 0.6) is 0 Å². The Morgan fingerprint density at radius 1 is 0.767 bits per heavy atom. The summed E-state index contributed by atoms with van der Waals surface area (Å²) in [5, 5.41) is 0. The summed E-state index contributed by atoms with van der Waals surface area (Å²) in [7, 11) is 0. The molecule has 1 nitrogen and oxygen atoms in total. The summed E-state index contributed by atoms with van der Waals surface area (Å²) in [4.78, 5) is 0. The fourth-order valence-corrected chi connectivity index (χ4v) is 2.86. The number of hydrogen-bond acceptors (Lipinski definition) is 1. The zero-order valence-corrected chi connectivity index (χ0v) is 16.3. The third-order valence-electron chi connectivity index (χ3n) is 4.51. The van der Waals surface area contributed by atoms with Crippen LogP contribution in [0.1, 0.15) is 41.2 Å². The Hall–Kier alpha value is -3.52. The summed E-state index contributed by atoms with van der Waals surface area (Å²) in [6.07, 6.45) is 1.86. The second-order valence-corrected chi connectivity index (χ2v) is 6.76. The van der Waals surface area contributed by atoms with Crippen molar-refractivity contribution in [1.82, 2.24) is 0 Å². The van der Waals surface area contributed by atoms with Crippen LogP contribution in [-0.2, 0) is 6.42 Å². The van der Waals surface area contributed by atoms with Crippen molar-refractivity contribution in [1.29, 1.82) is 0 Å². The molecule has 0 radical (unpaired) electrons. The second-order valence-electron chi connectivity index (χ2n) is 6.76. The van der Waals surface area contributed by atoms with Gasteiger partial charge in [0.15, 0.2) is 11.7 Å². The molecule has 0 aromatic heterocycles. The van der Waals surface area contributed by atoms with E-state index in [-0.39, 0.29) is 16.7 Å². The summed E-state index contributed by atoms with van der Waals surface area (Å²) in [6, 6.07) is 14.6. The summed E-state index contributed by atoms with van der Waals surface area (Å²) in [6.45, 7) is 2.05. The molecule has 0 aliphatic carbocycles. The van der Waals surface area contributed by atoms with Gasteiger partial charge >= 0.3 is 0 Å². The van der Waals surface area contributed by atoms with Gasteiger partial charge in [0.1, 0.15) is 17.3 Å². The first-order valence-corrected chi connectivity index (χ1v) is 9.40. The minimum Gasteiger partial charge on any atom is -0.394 e. The molecule has 0 saturated heterocycles. The van der Waals surface area contributed by atoms with E-state index in [1.807, 2.05) is 0 Å². The van der Waals surface area contributed by atoms with Gasteiger partial charge in [0.05, 0.1) is 0 Å². The van der Waals surface area contributed by atoms with Crippen molar-refractivity contribution in [2.24, 2.45) is 0 Å². The minimum atomic E-state index is -0.972. The van der Waals surface area contributed by atoms with Crippen LogP contribution in [0.15, 0.2) is 60.7 Å². The number of halogens is 4. The Kier molecular flexibility index (Phi) is 6.58. The van der Waals surface area contributed by atoms with Crippen molar-refractivity contribution in [2.75, 3.05) is 5.73 Å². The maximum atomic E-state index is 14.5. The van der Waals surface area contributed by atoms with Crippen molar-refractivity contribution in [2.45, 2.75) is 19.8 Å². The summed E-state index contributed by atoms with van der Waals surface area (Å²) < 4.78 is 56.0. The van der Waals surface area contributed by atoms with Crippen molar-refractivity contribution in [3.05, 3.63) is 100 Å². The number of nitrogen functional groups attached to an aromatic ring is 1. The van der Waals surface area contributed by atoms with E-state index in [0.717, 1.165) is 30.5 Å². The lowest BCUT2D eigenvalue weighted by Gasteiger charge is -2.04. The van der Waals surface area contributed by atoms with Gasteiger partial charge in [-0.2, -0.15) is 0 Å². The Bertz CT molecular complexity index is 1110. The Morgan fingerprint density at radius 2 is 1.23 bits per heavy atom. The fraction of sp³-hybridized carbons (Fsp3) is 0.120. The highest BCUT2D eigenvalue weighted by Crippen LogP contribution is 2.29. The molecule has 0 aliphatic rings. The standard InChI is InChI=1S/C25H19F4N/c1-2-3-16-6-10-19(11-7-16)23(28)24(29)20-12-8-17(9-13-20)4-5-18-14-21(26)25(30)22(27)15-18/h6-15H,2-3,30H2,1H3. The molecule has 3 rings (SSSR count). The molecular formula is C25H19F4N. The predicted octanol–water partition coefficient (Wildman–Crippen LogP) is 6.66. The van der Waals surface area contributed by atoms with E-state index in [1.54, 1.807) is 24.3 Å². The highest BCUT2D eigenvalue weighted by atomic mass is 19.2. The third kappa shape index (κ3) is 4.90. The number of benzene rings is 3. The Balaban J connectivity index is 1.80. The fourth-order valence-electron chi connectivity index (χ4n) is 2.86. The molecule has 30 heavy (non-hydrogen) atoms. The summed E-state index contributed by atoms with van der Waals surface area (Å²) in [5.74, 6) is 1.65. The van der Waals surface area contributed by atoms with Crippen molar-refractivity contribution in [3.63, 3.8) is 0 Å². The average molecular weight is 409 g/mol.